The van der Waals surface area contributed by atoms with Gasteiger partial charge in [0, 0.05) is 29.1 Å². The van der Waals surface area contributed by atoms with E-state index in [2.05, 4.69) is 11.1 Å². The number of H-pyrrole nitrogens is 1. The average molecular weight is 278 g/mol. The molecular formula is C17H11FN2O. The SMILES string of the molecule is N#Cc1ccc2c(C(=O)Cc3cccc(F)c3)c[nH]c2c1. The van der Waals surface area contributed by atoms with Crippen LogP contribution in [-0.4, -0.2) is 10.8 Å². The Morgan fingerprint density at radius 2 is 2.10 bits per heavy atom. The zero-order valence-corrected chi connectivity index (χ0v) is 11.1. The Morgan fingerprint density at radius 3 is 2.86 bits per heavy atom. The fraction of sp³-hybridized carbons (Fsp3) is 0.0588. The smallest absolute Gasteiger partial charge is 0.169 e. The summed E-state index contributed by atoms with van der Waals surface area (Å²) in [6, 6.07) is 13.2. The number of hydrogen-bond acceptors (Lipinski definition) is 2. The van der Waals surface area contributed by atoms with Crippen LogP contribution in [0.15, 0.2) is 48.7 Å². The second-order valence-corrected chi connectivity index (χ2v) is 4.80. The molecule has 0 aliphatic rings. The first-order valence-corrected chi connectivity index (χ1v) is 6.46. The molecule has 0 radical (unpaired) electrons. The lowest BCUT2D eigenvalue weighted by atomic mass is 10.0. The summed E-state index contributed by atoms with van der Waals surface area (Å²) in [4.78, 5) is 15.3. The van der Waals surface area contributed by atoms with E-state index < -0.39 is 0 Å². The fourth-order valence-corrected chi connectivity index (χ4v) is 2.35. The maximum Gasteiger partial charge on any atom is 0.169 e. The van der Waals surface area contributed by atoms with Crippen molar-refractivity contribution in [2.24, 2.45) is 0 Å². The van der Waals surface area contributed by atoms with Gasteiger partial charge in [0.1, 0.15) is 5.82 Å². The highest BCUT2D eigenvalue weighted by molar-refractivity contribution is 6.08. The number of nitriles is 1. The Morgan fingerprint density at radius 1 is 1.24 bits per heavy atom. The predicted octanol–water partition coefficient (Wildman–Crippen LogP) is 3.60. The van der Waals surface area contributed by atoms with Gasteiger partial charge in [-0.05, 0) is 29.8 Å². The van der Waals surface area contributed by atoms with Crippen LogP contribution in [0.1, 0.15) is 21.5 Å². The van der Waals surface area contributed by atoms with Crippen LogP contribution < -0.4 is 0 Å². The third-order valence-electron chi connectivity index (χ3n) is 3.36. The topological polar surface area (TPSA) is 56.6 Å². The number of nitrogens with zero attached hydrogens (tertiary/aromatic N) is 1. The number of rotatable bonds is 3. The number of carbonyl (C=O) groups excluding carboxylic acids is 1. The number of Topliss-reactive ketones (excluding diaryl/α,β-unsaturated/α-hetero) is 1. The minimum Gasteiger partial charge on any atom is -0.360 e. The van der Waals surface area contributed by atoms with Crippen LogP contribution >= 0.6 is 0 Å². The highest BCUT2D eigenvalue weighted by Crippen LogP contribution is 2.21. The molecule has 0 spiro atoms. The quantitative estimate of drug-likeness (QED) is 0.744. The monoisotopic (exact) mass is 278 g/mol. The number of nitrogens with one attached hydrogen (secondary N) is 1. The zero-order chi connectivity index (χ0) is 14.8. The number of benzene rings is 2. The van der Waals surface area contributed by atoms with Gasteiger partial charge in [0.05, 0.1) is 11.6 Å². The lowest BCUT2D eigenvalue weighted by Crippen LogP contribution is -2.03. The van der Waals surface area contributed by atoms with Gasteiger partial charge >= 0.3 is 0 Å². The lowest BCUT2D eigenvalue weighted by molar-refractivity contribution is 0.0994. The number of aromatic amines is 1. The molecular weight excluding hydrogens is 267 g/mol. The first kappa shape index (κ1) is 13.1. The molecule has 0 atom stereocenters. The number of hydrogen-bond donors (Lipinski definition) is 1. The summed E-state index contributed by atoms with van der Waals surface area (Å²) >= 11 is 0. The van der Waals surface area contributed by atoms with Gasteiger partial charge < -0.3 is 4.98 Å². The van der Waals surface area contributed by atoms with Crippen LogP contribution in [0.5, 0.6) is 0 Å². The van der Waals surface area contributed by atoms with E-state index in [1.807, 2.05) is 0 Å². The largest absolute Gasteiger partial charge is 0.360 e. The molecule has 0 unspecified atom stereocenters. The predicted molar refractivity (Wildman–Crippen MR) is 77.4 cm³/mol. The third kappa shape index (κ3) is 2.54. The number of aromatic nitrogens is 1. The van der Waals surface area contributed by atoms with Crippen molar-refractivity contribution in [3.05, 3.63) is 71.2 Å². The first-order valence-electron chi connectivity index (χ1n) is 6.46. The van der Waals surface area contributed by atoms with Gasteiger partial charge in [-0.15, -0.1) is 0 Å². The zero-order valence-electron chi connectivity index (χ0n) is 11.1. The van der Waals surface area contributed by atoms with Crippen molar-refractivity contribution >= 4 is 16.7 Å². The summed E-state index contributed by atoms with van der Waals surface area (Å²) < 4.78 is 13.1. The summed E-state index contributed by atoms with van der Waals surface area (Å²) in [6.45, 7) is 0. The van der Waals surface area contributed by atoms with Gasteiger partial charge in [0.2, 0.25) is 0 Å². The van der Waals surface area contributed by atoms with Crippen molar-refractivity contribution in [3.63, 3.8) is 0 Å². The molecule has 2 aromatic carbocycles. The minimum absolute atomic E-state index is 0.0865. The molecule has 3 nitrogen and oxygen atoms in total. The Hall–Kier alpha value is -2.93. The van der Waals surface area contributed by atoms with Gasteiger partial charge in [-0.1, -0.05) is 18.2 Å². The molecule has 0 aliphatic carbocycles. The molecule has 4 heteroatoms. The molecule has 0 saturated carbocycles. The van der Waals surface area contributed by atoms with Gasteiger partial charge in [0.25, 0.3) is 0 Å². The van der Waals surface area contributed by atoms with E-state index >= 15 is 0 Å². The van der Waals surface area contributed by atoms with E-state index in [0.717, 1.165) is 10.9 Å². The van der Waals surface area contributed by atoms with E-state index in [9.17, 15) is 9.18 Å². The molecule has 0 saturated heterocycles. The van der Waals surface area contributed by atoms with Crippen molar-refractivity contribution in [1.29, 1.82) is 5.26 Å². The highest BCUT2D eigenvalue weighted by atomic mass is 19.1. The number of fused-ring (bicyclic) bond motifs is 1. The Labute approximate surface area is 120 Å². The van der Waals surface area contributed by atoms with Crippen LogP contribution in [0.2, 0.25) is 0 Å². The minimum atomic E-state index is -0.349. The van der Waals surface area contributed by atoms with E-state index in [-0.39, 0.29) is 18.0 Å². The summed E-state index contributed by atoms with van der Waals surface area (Å²) in [7, 11) is 0. The average Bonchev–Trinajstić information content (AvgIpc) is 2.90. The number of ketones is 1. The van der Waals surface area contributed by atoms with E-state index in [1.165, 1.54) is 12.1 Å². The molecule has 0 amide bonds. The summed E-state index contributed by atoms with van der Waals surface area (Å²) in [5.41, 5.74) is 2.48. The van der Waals surface area contributed by atoms with Crippen LogP contribution in [0.3, 0.4) is 0 Å². The standard InChI is InChI=1S/C17H11FN2O/c18-13-3-1-2-11(6-13)8-17(21)15-10-20-16-7-12(9-19)4-5-14(15)16/h1-7,10,20H,8H2. The molecule has 0 fully saturated rings. The Balaban J connectivity index is 1.93. The van der Waals surface area contributed by atoms with Crippen molar-refractivity contribution < 1.29 is 9.18 Å². The first-order chi connectivity index (χ1) is 10.2. The molecule has 1 heterocycles. The molecule has 0 bridgehead atoms. The molecule has 0 aliphatic heterocycles. The van der Waals surface area contributed by atoms with Gasteiger partial charge in [-0.25, -0.2) is 4.39 Å². The fourth-order valence-electron chi connectivity index (χ4n) is 2.35. The highest BCUT2D eigenvalue weighted by Gasteiger charge is 2.13. The van der Waals surface area contributed by atoms with Gasteiger partial charge in [-0.3, -0.25) is 4.79 Å². The van der Waals surface area contributed by atoms with Gasteiger partial charge in [-0.2, -0.15) is 5.26 Å². The van der Waals surface area contributed by atoms with E-state index in [0.29, 0.717) is 16.7 Å². The van der Waals surface area contributed by atoms with Crippen molar-refractivity contribution in [3.8, 4) is 6.07 Å². The molecule has 3 aromatic rings. The second-order valence-electron chi connectivity index (χ2n) is 4.80. The third-order valence-corrected chi connectivity index (χ3v) is 3.36. The van der Waals surface area contributed by atoms with Crippen molar-refractivity contribution in [2.75, 3.05) is 0 Å². The van der Waals surface area contributed by atoms with Crippen LogP contribution in [-0.2, 0) is 6.42 Å². The summed E-state index contributed by atoms with van der Waals surface area (Å²) in [5, 5.41) is 9.64. The lowest BCUT2D eigenvalue weighted by Gasteiger charge is -2.01. The second kappa shape index (κ2) is 5.22. The van der Waals surface area contributed by atoms with Crippen LogP contribution in [0.4, 0.5) is 4.39 Å². The number of carbonyl (C=O) groups is 1. The molecule has 1 N–H and O–H groups in total. The molecule has 21 heavy (non-hydrogen) atoms. The normalized spacial score (nSPS) is 10.5. The molecule has 1 aromatic heterocycles. The summed E-state index contributed by atoms with van der Waals surface area (Å²) in [5.74, 6) is -0.436. The molecule has 3 rings (SSSR count). The number of halogens is 1. The van der Waals surface area contributed by atoms with Crippen molar-refractivity contribution in [1.82, 2.24) is 4.98 Å². The van der Waals surface area contributed by atoms with Crippen LogP contribution in [0.25, 0.3) is 10.9 Å². The van der Waals surface area contributed by atoms with Crippen molar-refractivity contribution in [2.45, 2.75) is 6.42 Å². The Bertz CT molecular complexity index is 874. The van der Waals surface area contributed by atoms with E-state index in [1.54, 1.807) is 36.5 Å². The van der Waals surface area contributed by atoms with E-state index in [4.69, 9.17) is 5.26 Å². The molecule has 102 valence electrons. The maximum atomic E-state index is 13.1. The summed E-state index contributed by atoms with van der Waals surface area (Å²) in [6.07, 6.45) is 1.78. The Kier molecular flexibility index (Phi) is 3.25. The van der Waals surface area contributed by atoms with Crippen LogP contribution in [0, 0.1) is 17.1 Å². The maximum absolute atomic E-state index is 13.1. The van der Waals surface area contributed by atoms with Gasteiger partial charge in [0.15, 0.2) is 5.78 Å².